The maximum Gasteiger partial charge on any atom is 0.191 e. The van der Waals surface area contributed by atoms with Gasteiger partial charge in [0.15, 0.2) is 11.7 Å². The molecular formula is C19H28N4O. The Balaban J connectivity index is 2.05. The van der Waals surface area contributed by atoms with E-state index in [9.17, 15) is 0 Å². The minimum Gasteiger partial charge on any atom is -0.370 e. The summed E-state index contributed by atoms with van der Waals surface area (Å²) in [5, 5.41) is 4.19. The van der Waals surface area contributed by atoms with Crippen LogP contribution >= 0.6 is 0 Å². The number of hydrogen-bond donors (Lipinski definition) is 1. The molecule has 0 aliphatic carbocycles. The van der Waals surface area contributed by atoms with E-state index >= 15 is 0 Å². The molecule has 1 aromatic carbocycles. The quantitative estimate of drug-likeness (QED) is 0.652. The van der Waals surface area contributed by atoms with E-state index in [1.54, 1.807) is 4.90 Å². The van der Waals surface area contributed by atoms with Gasteiger partial charge in [0.2, 0.25) is 0 Å². The molecule has 1 atom stereocenters. The van der Waals surface area contributed by atoms with Gasteiger partial charge in [-0.1, -0.05) is 50.2 Å². The average molecular weight is 328 g/mol. The summed E-state index contributed by atoms with van der Waals surface area (Å²) in [7, 11) is 3.71. The largest absolute Gasteiger partial charge is 0.370 e. The van der Waals surface area contributed by atoms with E-state index in [0.29, 0.717) is 18.4 Å². The summed E-state index contributed by atoms with van der Waals surface area (Å²) in [6, 6.07) is 10.7. The van der Waals surface area contributed by atoms with Crippen molar-refractivity contribution < 1.29 is 4.52 Å². The first-order valence-electron chi connectivity index (χ1n) is 8.38. The lowest BCUT2D eigenvalue weighted by Crippen LogP contribution is -2.30. The van der Waals surface area contributed by atoms with Crippen molar-refractivity contribution in [3.05, 3.63) is 52.9 Å². The van der Waals surface area contributed by atoms with Crippen LogP contribution in [0.15, 0.2) is 39.8 Å². The van der Waals surface area contributed by atoms with Crippen molar-refractivity contribution in [2.45, 2.75) is 39.7 Å². The van der Waals surface area contributed by atoms with Gasteiger partial charge in [0.1, 0.15) is 6.54 Å². The zero-order valence-electron chi connectivity index (χ0n) is 15.3. The van der Waals surface area contributed by atoms with Crippen molar-refractivity contribution >= 4 is 5.96 Å². The van der Waals surface area contributed by atoms with Gasteiger partial charge in [0.05, 0.1) is 5.69 Å². The first-order valence-corrected chi connectivity index (χ1v) is 8.38. The van der Waals surface area contributed by atoms with Crippen LogP contribution in [-0.4, -0.2) is 30.1 Å². The number of nitrogens with two attached hydrogens (primary N) is 1. The molecule has 5 heteroatoms. The highest BCUT2D eigenvalue weighted by Gasteiger charge is 2.14. The molecule has 0 radical (unpaired) electrons. The summed E-state index contributed by atoms with van der Waals surface area (Å²) in [6.07, 6.45) is 1.11. The zero-order valence-corrected chi connectivity index (χ0v) is 15.3. The fourth-order valence-corrected chi connectivity index (χ4v) is 2.49. The molecule has 2 aromatic rings. The maximum atomic E-state index is 5.78. The molecule has 0 aliphatic heterocycles. The molecule has 0 amide bonds. The summed E-state index contributed by atoms with van der Waals surface area (Å²) in [5.41, 5.74) is 9.31. The third-order valence-electron chi connectivity index (χ3n) is 4.00. The second-order valence-corrected chi connectivity index (χ2v) is 6.85. The summed E-state index contributed by atoms with van der Waals surface area (Å²) >= 11 is 0. The monoisotopic (exact) mass is 328 g/mol. The van der Waals surface area contributed by atoms with Gasteiger partial charge in [-0.05, 0) is 23.5 Å². The maximum absolute atomic E-state index is 5.78. The SMILES string of the molecule is CC(C)Cc1ccc(C(C)c2cc(CN=C(N)N(C)C)on2)cc1. The van der Waals surface area contributed by atoms with Gasteiger partial charge in [-0.2, -0.15) is 0 Å². The molecule has 24 heavy (non-hydrogen) atoms. The van der Waals surface area contributed by atoms with E-state index in [1.807, 2.05) is 20.2 Å². The van der Waals surface area contributed by atoms with Gasteiger partial charge in [0, 0.05) is 26.1 Å². The van der Waals surface area contributed by atoms with Crippen molar-refractivity contribution in [1.29, 1.82) is 0 Å². The molecule has 5 nitrogen and oxygen atoms in total. The van der Waals surface area contributed by atoms with Crippen LogP contribution in [0.25, 0.3) is 0 Å². The summed E-state index contributed by atoms with van der Waals surface area (Å²) in [4.78, 5) is 6.03. The van der Waals surface area contributed by atoms with Crippen LogP contribution in [0, 0.1) is 5.92 Å². The molecule has 0 fully saturated rings. The standard InChI is InChI=1S/C19H28N4O/c1-13(2)10-15-6-8-16(9-7-15)14(3)18-11-17(24-22-18)12-21-19(20)23(4)5/h6-9,11,13-14H,10,12H2,1-5H3,(H2,20,21). The Morgan fingerprint density at radius 2 is 1.88 bits per heavy atom. The molecular weight excluding hydrogens is 300 g/mol. The van der Waals surface area contributed by atoms with E-state index in [-0.39, 0.29) is 5.92 Å². The van der Waals surface area contributed by atoms with Gasteiger partial charge >= 0.3 is 0 Å². The van der Waals surface area contributed by atoms with Gasteiger partial charge in [-0.25, -0.2) is 4.99 Å². The van der Waals surface area contributed by atoms with E-state index in [4.69, 9.17) is 10.3 Å². The van der Waals surface area contributed by atoms with Crippen molar-refractivity contribution in [2.24, 2.45) is 16.6 Å². The second kappa shape index (κ2) is 7.99. The third-order valence-corrected chi connectivity index (χ3v) is 4.00. The number of nitrogens with zero attached hydrogens (tertiary/aromatic N) is 3. The normalized spacial score (nSPS) is 13.3. The van der Waals surface area contributed by atoms with Gasteiger partial charge in [0.25, 0.3) is 0 Å². The number of aliphatic imine (C=N–C) groups is 1. The smallest absolute Gasteiger partial charge is 0.191 e. The van der Waals surface area contributed by atoms with Crippen molar-refractivity contribution in [1.82, 2.24) is 10.1 Å². The molecule has 0 saturated heterocycles. The lowest BCUT2D eigenvalue weighted by Gasteiger charge is -2.10. The number of guanidine groups is 1. The van der Waals surface area contributed by atoms with Crippen LogP contribution in [0.4, 0.5) is 0 Å². The molecule has 0 spiro atoms. The van der Waals surface area contributed by atoms with E-state index in [2.05, 4.69) is 55.2 Å². The van der Waals surface area contributed by atoms with Crippen LogP contribution in [0.5, 0.6) is 0 Å². The van der Waals surface area contributed by atoms with Crippen molar-refractivity contribution in [2.75, 3.05) is 14.1 Å². The minimum absolute atomic E-state index is 0.186. The van der Waals surface area contributed by atoms with Crippen LogP contribution in [0.1, 0.15) is 49.3 Å². The van der Waals surface area contributed by atoms with E-state index in [1.165, 1.54) is 11.1 Å². The second-order valence-electron chi connectivity index (χ2n) is 6.85. The topological polar surface area (TPSA) is 67.7 Å². The highest BCUT2D eigenvalue weighted by atomic mass is 16.5. The summed E-state index contributed by atoms with van der Waals surface area (Å²) in [5.74, 6) is 2.05. The first kappa shape index (κ1) is 18.0. The predicted molar refractivity (Wildman–Crippen MR) is 98.0 cm³/mol. The third kappa shape index (κ3) is 4.85. The van der Waals surface area contributed by atoms with Crippen LogP contribution in [-0.2, 0) is 13.0 Å². The Kier molecular flexibility index (Phi) is 6.01. The molecule has 2 N–H and O–H groups in total. The highest BCUT2D eigenvalue weighted by molar-refractivity contribution is 5.77. The first-order chi connectivity index (χ1) is 11.4. The fraction of sp³-hybridized carbons (Fsp3) is 0.474. The number of benzene rings is 1. The Hall–Kier alpha value is -2.30. The van der Waals surface area contributed by atoms with Crippen LogP contribution in [0.2, 0.25) is 0 Å². The molecule has 2 rings (SSSR count). The minimum atomic E-state index is 0.186. The molecule has 0 bridgehead atoms. The molecule has 0 aliphatic rings. The van der Waals surface area contributed by atoms with Gasteiger partial charge in [-0.3, -0.25) is 0 Å². The molecule has 130 valence electrons. The van der Waals surface area contributed by atoms with Gasteiger partial charge < -0.3 is 15.2 Å². The fourth-order valence-electron chi connectivity index (χ4n) is 2.49. The molecule has 0 saturated carbocycles. The van der Waals surface area contributed by atoms with E-state index in [0.717, 1.165) is 17.9 Å². The Labute approximate surface area is 144 Å². The summed E-state index contributed by atoms with van der Waals surface area (Å²) < 4.78 is 5.38. The number of aromatic nitrogens is 1. The Morgan fingerprint density at radius 3 is 2.46 bits per heavy atom. The van der Waals surface area contributed by atoms with Crippen molar-refractivity contribution in [3.8, 4) is 0 Å². The lowest BCUT2D eigenvalue weighted by atomic mass is 9.95. The summed E-state index contributed by atoms with van der Waals surface area (Å²) in [6.45, 7) is 7.01. The van der Waals surface area contributed by atoms with E-state index < -0.39 is 0 Å². The van der Waals surface area contributed by atoms with Crippen molar-refractivity contribution in [3.63, 3.8) is 0 Å². The molecule has 1 aromatic heterocycles. The highest BCUT2D eigenvalue weighted by Crippen LogP contribution is 2.24. The number of rotatable bonds is 6. The zero-order chi connectivity index (χ0) is 17.7. The van der Waals surface area contributed by atoms with Crippen LogP contribution in [0.3, 0.4) is 0 Å². The average Bonchev–Trinajstić information content (AvgIpc) is 3.01. The predicted octanol–water partition coefficient (Wildman–Crippen LogP) is 3.40. The molecule has 1 unspecified atom stereocenters. The number of hydrogen-bond acceptors (Lipinski definition) is 3. The lowest BCUT2D eigenvalue weighted by molar-refractivity contribution is 0.377. The molecule has 1 heterocycles. The Bertz CT molecular complexity index is 671. The van der Waals surface area contributed by atoms with Gasteiger partial charge in [-0.15, -0.1) is 0 Å². The Morgan fingerprint density at radius 1 is 1.21 bits per heavy atom. The van der Waals surface area contributed by atoms with Crippen LogP contribution < -0.4 is 5.73 Å².